The average molecular weight is 325 g/mol. The van der Waals surface area contributed by atoms with E-state index in [9.17, 15) is 10.1 Å². The average Bonchev–Trinajstić information content (AvgIpc) is 2.17. The van der Waals surface area contributed by atoms with Crippen molar-refractivity contribution in [1.29, 1.82) is 0 Å². The van der Waals surface area contributed by atoms with Gasteiger partial charge in [-0.15, -0.1) is 0 Å². The van der Waals surface area contributed by atoms with E-state index in [1.807, 2.05) is 0 Å². The summed E-state index contributed by atoms with van der Waals surface area (Å²) in [6.45, 7) is 0. The number of alkyl halides is 1. The number of ether oxygens (including phenoxy) is 1. The maximum Gasteiger partial charge on any atom is 0.316 e. The fourth-order valence-electron chi connectivity index (χ4n) is 1.09. The van der Waals surface area contributed by atoms with E-state index >= 15 is 0 Å². The summed E-state index contributed by atoms with van der Waals surface area (Å²) in [4.78, 5) is 10.4. The van der Waals surface area contributed by atoms with Crippen molar-refractivity contribution in [2.24, 2.45) is 0 Å². The Kier molecular flexibility index (Phi) is 3.88. The van der Waals surface area contributed by atoms with E-state index in [-0.39, 0.29) is 11.4 Å². The van der Waals surface area contributed by atoms with Crippen molar-refractivity contribution in [2.75, 3.05) is 7.11 Å². The maximum atomic E-state index is 10.8. The van der Waals surface area contributed by atoms with Crippen molar-refractivity contribution in [3.63, 3.8) is 0 Å². The number of hydrogen-bond donors (Lipinski definition) is 0. The van der Waals surface area contributed by atoms with E-state index in [0.717, 1.165) is 0 Å². The summed E-state index contributed by atoms with van der Waals surface area (Å²) < 4.78 is 5.55. The predicted molar refractivity (Wildman–Crippen MR) is 60.0 cm³/mol. The smallest absolute Gasteiger partial charge is 0.316 e. The van der Waals surface area contributed by atoms with Gasteiger partial charge < -0.3 is 4.74 Å². The number of nitro groups is 1. The quantitative estimate of drug-likeness (QED) is 0.487. The van der Waals surface area contributed by atoms with Gasteiger partial charge in [-0.1, -0.05) is 15.9 Å². The van der Waals surface area contributed by atoms with Gasteiger partial charge in [0.15, 0.2) is 0 Å². The zero-order valence-electron chi connectivity index (χ0n) is 7.29. The highest BCUT2D eigenvalue weighted by atomic mass is 79.9. The first-order chi connectivity index (χ1) is 6.61. The van der Waals surface area contributed by atoms with Gasteiger partial charge in [-0.3, -0.25) is 10.1 Å². The molecule has 6 heteroatoms. The molecule has 0 atom stereocenters. The molecule has 0 aliphatic carbocycles. The second-order valence-corrected chi connectivity index (χ2v) is 3.89. The molecule has 0 saturated carbocycles. The molecule has 0 fully saturated rings. The second-order valence-electron chi connectivity index (χ2n) is 2.48. The third-order valence-corrected chi connectivity index (χ3v) is 2.93. The number of nitro benzene ring substituents is 1. The number of hydrogen-bond acceptors (Lipinski definition) is 3. The van der Waals surface area contributed by atoms with Crippen molar-refractivity contribution in [1.82, 2.24) is 0 Å². The van der Waals surface area contributed by atoms with E-state index < -0.39 is 4.92 Å². The summed E-state index contributed by atoms with van der Waals surface area (Å²) in [5, 5.41) is 11.2. The van der Waals surface area contributed by atoms with Crippen LogP contribution in [0.3, 0.4) is 0 Å². The zero-order chi connectivity index (χ0) is 10.7. The molecule has 0 heterocycles. The van der Waals surface area contributed by atoms with Gasteiger partial charge in [0.05, 0.1) is 16.5 Å². The van der Waals surface area contributed by atoms with Gasteiger partial charge in [-0.2, -0.15) is 0 Å². The van der Waals surface area contributed by atoms with Gasteiger partial charge in [-0.05, 0) is 28.1 Å². The van der Waals surface area contributed by atoms with Crippen LogP contribution >= 0.6 is 31.9 Å². The molecule has 0 N–H and O–H groups in total. The molecule has 1 aromatic carbocycles. The number of halogens is 2. The molecule has 0 unspecified atom stereocenters. The molecular weight excluding hydrogens is 318 g/mol. The van der Waals surface area contributed by atoms with Crippen LogP contribution in [0.1, 0.15) is 5.56 Å². The van der Waals surface area contributed by atoms with Crippen LogP contribution in [0, 0.1) is 10.1 Å². The topological polar surface area (TPSA) is 52.4 Å². The van der Waals surface area contributed by atoms with Crippen molar-refractivity contribution < 1.29 is 9.66 Å². The van der Waals surface area contributed by atoms with Gasteiger partial charge in [0.2, 0.25) is 5.75 Å². The largest absolute Gasteiger partial charge is 0.489 e. The normalized spacial score (nSPS) is 9.93. The number of benzene rings is 1. The molecular formula is C8H7Br2NO3. The number of nitrogens with zero attached hydrogens (tertiary/aromatic N) is 1. The van der Waals surface area contributed by atoms with E-state index in [0.29, 0.717) is 15.4 Å². The van der Waals surface area contributed by atoms with E-state index in [1.165, 1.54) is 7.11 Å². The third-order valence-electron chi connectivity index (χ3n) is 1.70. The summed E-state index contributed by atoms with van der Waals surface area (Å²) in [6.07, 6.45) is 0. The van der Waals surface area contributed by atoms with Crippen molar-refractivity contribution in [3.05, 3.63) is 32.3 Å². The first-order valence-electron chi connectivity index (χ1n) is 3.67. The molecule has 0 radical (unpaired) electrons. The highest BCUT2D eigenvalue weighted by Gasteiger charge is 2.22. The molecule has 4 nitrogen and oxygen atoms in total. The highest BCUT2D eigenvalue weighted by molar-refractivity contribution is 9.10. The third kappa shape index (κ3) is 2.06. The van der Waals surface area contributed by atoms with Crippen LogP contribution in [0.5, 0.6) is 5.75 Å². The Labute approximate surface area is 97.7 Å². The second kappa shape index (κ2) is 4.75. The molecule has 76 valence electrons. The minimum absolute atomic E-state index is 0.00116. The zero-order valence-corrected chi connectivity index (χ0v) is 10.5. The first kappa shape index (κ1) is 11.5. The number of methoxy groups -OCH3 is 1. The van der Waals surface area contributed by atoms with Crippen molar-refractivity contribution in [3.8, 4) is 5.75 Å². The van der Waals surface area contributed by atoms with Crippen molar-refractivity contribution in [2.45, 2.75) is 5.33 Å². The fourth-order valence-corrected chi connectivity index (χ4v) is 2.02. The van der Waals surface area contributed by atoms with Crippen LogP contribution in [0.25, 0.3) is 0 Å². The van der Waals surface area contributed by atoms with Gasteiger partial charge >= 0.3 is 5.69 Å². The lowest BCUT2D eigenvalue weighted by atomic mass is 10.2. The van der Waals surface area contributed by atoms with Gasteiger partial charge in [0.25, 0.3) is 0 Å². The van der Waals surface area contributed by atoms with Crippen LogP contribution in [-0.2, 0) is 5.33 Å². The molecule has 1 rings (SSSR count). The van der Waals surface area contributed by atoms with Crippen LogP contribution in [-0.4, -0.2) is 12.0 Å². The Balaban J connectivity index is 3.43. The first-order valence-corrected chi connectivity index (χ1v) is 5.59. The minimum Gasteiger partial charge on any atom is -0.489 e. The Bertz CT molecular complexity index is 368. The molecule has 1 aromatic rings. The summed E-state index contributed by atoms with van der Waals surface area (Å²) in [5.41, 5.74) is 0.591. The molecule has 0 aromatic heterocycles. The SMILES string of the molecule is COc1c(Br)ccc(CBr)c1[N+](=O)[O-]. The Morgan fingerprint density at radius 1 is 1.57 bits per heavy atom. The van der Waals surface area contributed by atoms with Gasteiger partial charge in [0.1, 0.15) is 0 Å². The summed E-state index contributed by atoms with van der Waals surface area (Å²) in [6, 6.07) is 3.40. The summed E-state index contributed by atoms with van der Waals surface area (Å²) in [7, 11) is 1.41. The predicted octanol–water partition coefficient (Wildman–Crippen LogP) is 3.26. The van der Waals surface area contributed by atoms with E-state index in [4.69, 9.17) is 4.74 Å². The maximum absolute atomic E-state index is 10.8. The van der Waals surface area contributed by atoms with Gasteiger partial charge in [-0.25, -0.2) is 0 Å². The van der Waals surface area contributed by atoms with Crippen molar-refractivity contribution >= 4 is 37.5 Å². The van der Waals surface area contributed by atoms with Crippen LogP contribution in [0.2, 0.25) is 0 Å². The lowest BCUT2D eigenvalue weighted by molar-refractivity contribution is -0.386. The highest BCUT2D eigenvalue weighted by Crippen LogP contribution is 2.38. The van der Waals surface area contributed by atoms with E-state index in [1.54, 1.807) is 12.1 Å². The Hall–Kier alpha value is -0.620. The minimum atomic E-state index is -0.444. The molecule has 0 aliphatic rings. The molecule has 0 saturated heterocycles. The lowest BCUT2D eigenvalue weighted by Gasteiger charge is -2.06. The summed E-state index contributed by atoms with van der Waals surface area (Å²) in [5.74, 6) is 0.256. The molecule has 0 spiro atoms. The standard InChI is InChI=1S/C8H7Br2NO3/c1-14-8-6(10)3-2-5(4-9)7(8)11(12)13/h2-3H,4H2,1H3. The Morgan fingerprint density at radius 3 is 2.64 bits per heavy atom. The lowest BCUT2D eigenvalue weighted by Crippen LogP contribution is -1.98. The molecule has 0 amide bonds. The molecule has 0 aliphatic heterocycles. The van der Waals surface area contributed by atoms with Gasteiger partial charge in [0, 0.05) is 10.9 Å². The van der Waals surface area contributed by atoms with Crippen LogP contribution in [0.4, 0.5) is 5.69 Å². The number of rotatable bonds is 3. The van der Waals surface area contributed by atoms with Crippen LogP contribution in [0.15, 0.2) is 16.6 Å². The fraction of sp³-hybridized carbons (Fsp3) is 0.250. The molecule has 14 heavy (non-hydrogen) atoms. The molecule has 0 bridgehead atoms. The monoisotopic (exact) mass is 323 g/mol. The Morgan fingerprint density at radius 2 is 2.21 bits per heavy atom. The summed E-state index contributed by atoms with van der Waals surface area (Å²) >= 11 is 6.38. The van der Waals surface area contributed by atoms with E-state index in [2.05, 4.69) is 31.9 Å². The van der Waals surface area contributed by atoms with Crippen LogP contribution < -0.4 is 4.74 Å².